The number of carbonyl (C=O) groups excluding carboxylic acids is 1. The Labute approximate surface area is 140 Å². The first-order chi connectivity index (χ1) is 11.3. The largest absolute Gasteiger partial charge is 0.481 e. The van der Waals surface area contributed by atoms with Gasteiger partial charge in [0, 0.05) is 24.6 Å². The van der Waals surface area contributed by atoms with Gasteiger partial charge in [-0.3, -0.25) is 4.79 Å². The molecule has 1 aromatic carbocycles. The van der Waals surface area contributed by atoms with Crippen LogP contribution in [-0.4, -0.2) is 40.3 Å². The Bertz CT molecular complexity index is 574. The average Bonchev–Trinajstić information content (AvgIpc) is 2.52. The molecule has 0 saturated heterocycles. The summed E-state index contributed by atoms with van der Waals surface area (Å²) in [5.41, 5.74) is 6.88. The number of carboxylic acids is 2. The van der Waals surface area contributed by atoms with Gasteiger partial charge in [0.05, 0.1) is 0 Å². The van der Waals surface area contributed by atoms with Gasteiger partial charge in [0.1, 0.15) is 6.04 Å². The van der Waals surface area contributed by atoms with Crippen LogP contribution in [0.4, 0.5) is 10.5 Å². The van der Waals surface area contributed by atoms with Crippen LogP contribution in [0.3, 0.4) is 0 Å². The molecule has 0 heterocycles. The zero-order chi connectivity index (χ0) is 18.1. The van der Waals surface area contributed by atoms with Gasteiger partial charge in [-0.25, -0.2) is 9.59 Å². The molecule has 0 aliphatic carbocycles. The second-order valence-corrected chi connectivity index (χ2v) is 5.49. The molecule has 2 unspecified atom stereocenters. The van der Waals surface area contributed by atoms with Crippen molar-refractivity contribution in [1.29, 1.82) is 0 Å². The van der Waals surface area contributed by atoms with Crippen LogP contribution in [0.25, 0.3) is 0 Å². The van der Waals surface area contributed by atoms with Gasteiger partial charge >= 0.3 is 18.0 Å². The smallest absolute Gasteiger partial charge is 0.326 e. The number of urea groups is 1. The highest BCUT2D eigenvalue weighted by atomic mass is 16.4. The van der Waals surface area contributed by atoms with E-state index in [1.54, 1.807) is 24.3 Å². The Hall–Kier alpha value is -2.77. The fourth-order valence-corrected chi connectivity index (χ4v) is 2.15. The van der Waals surface area contributed by atoms with E-state index >= 15 is 0 Å². The predicted molar refractivity (Wildman–Crippen MR) is 88.6 cm³/mol. The van der Waals surface area contributed by atoms with Crippen molar-refractivity contribution in [2.75, 3.05) is 5.73 Å². The maximum atomic E-state index is 12.0. The number of benzene rings is 1. The Balaban J connectivity index is 2.60. The van der Waals surface area contributed by atoms with Gasteiger partial charge in [-0.2, -0.15) is 0 Å². The summed E-state index contributed by atoms with van der Waals surface area (Å²) in [6, 6.07) is 4.67. The van der Waals surface area contributed by atoms with Crippen LogP contribution in [0, 0.1) is 0 Å². The lowest BCUT2D eigenvalue weighted by Crippen LogP contribution is -2.49. The molecule has 0 saturated carbocycles. The lowest BCUT2D eigenvalue weighted by atomic mass is 10.1. The first-order valence-electron chi connectivity index (χ1n) is 7.67. The molecule has 8 heteroatoms. The van der Waals surface area contributed by atoms with Crippen LogP contribution in [0.15, 0.2) is 24.3 Å². The number of nitrogen functional groups attached to an aromatic ring is 1. The second-order valence-electron chi connectivity index (χ2n) is 5.49. The third kappa shape index (κ3) is 6.99. The van der Waals surface area contributed by atoms with Gasteiger partial charge in [-0.15, -0.1) is 0 Å². The summed E-state index contributed by atoms with van der Waals surface area (Å²) < 4.78 is 0. The Morgan fingerprint density at radius 2 is 1.75 bits per heavy atom. The van der Waals surface area contributed by atoms with E-state index in [2.05, 4.69) is 10.6 Å². The number of anilines is 1. The molecule has 6 N–H and O–H groups in total. The molecule has 2 atom stereocenters. The van der Waals surface area contributed by atoms with Crippen molar-refractivity contribution in [3.63, 3.8) is 0 Å². The van der Waals surface area contributed by atoms with E-state index in [0.717, 1.165) is 5.56 Å². The maximum absolute atomic E-state index is 12.0. The van der Waals surface area contributed by atoms with E-state index < -0.39 is 24.0 Å². The van der Waals surface area contributed by atoms with E-state index in [0.29, 0.717) is 12.1 Å². The lowest BCUT2D eigenvalue weighted by Gasteiger charge is -2.20. The molecule has 0 aliphatic heterocycles. The van der Waals surface area contributed by atoms with Crippen molar-refractivity contribution in [2.24, 2.45) is 0 Å². The molecule has 0 radical (unpaired) electrons. The van der Waals surface area contributed by atoms with E-state index in [-0.39, 0.29) is 25.3 Å². The summed E-state index contributed by atoms with van der Waals surface area (Å²) in [5, 5.41) is 22.9. The van der Waals surface area contributed by atoms with Crippen molar-refractivity contribution < 1.29 is 24.6 Å². The molecule has 0 aromatic heterocycles. The number of carbonyl (C=O) groups is 3. The lowest BCUT2D eigenvalue weighted by molar-refractivity contribution is -0.139. The van der Waals surface area contributed by atoms with Crippen LogP contribution < -0.4 is 16.4 Å². The van der Waals surface area contributed by atoms with E-state index in [1.807, 2.05) is 6.92 Å². The monoisotopic (exact) mass is 337 g/mol. The van der Waals surface area contributed by atoms with Crippen LogP contribution in [0.5, 0.6) is 0 Å². The Morgan fingerprint density at radius 1 is 1.12 bits per heavy atom. The number of amides is 2. The molecule has 1 aromatic rings. The van der Waals surface area contributed by atoms with Crippen LogP contribution in [0.2, 0.25) is 0 Å². The van der Waals surface area contributed by atoms with E-state index in [4.69, 9.17) is 10.8 Å². The molecular weight excluding hydrogens is 314 g/mol. The number of carboxylic acid groups (broad SMARTS) is 2. The van der Waals surface area contributed by atoms with Gasteiger partial charge in [0.2, 0.25) is 0 Å². The first-order valence-corrected chi connectivity index (χ1v) is 7.67. The molecule has 0 spiro atoms. The normalized spacial score (nSPS) is 12.9. The van der Waals surface area contributed by atoms with E-state index in [1.165, 1.54) is 0 Å². The van der Waals surface area contributed by atoms with Crippen molar-refractivity contribution >= 4 is 23.7 Å². The van der Waals surface area contributed by atoms with Gasteiger partial charge in [0.15, 0.2) is 0 Å². The molecule has 0 aliphatic rings. The number of nitrogens with one attached hydrogen (secondary N) is 2. The minimum Gasteiger partial charge on any atom is -0.481 e. The number of nitrogens with two attached hydrogens (primary N) is 1. The Morgan fingerprint density at radius 3 is 2.25 bits per heavy atom. The van der Waals surface area contributed by atoms with Crippen LogP contribution in [-0.2, 0) is 16.0 Å². The minimum atomic E-state index is -1.15. The number of aliphatic carboxylic acids is 2. The van der Waals surface area contributed by atoms with Crippen molar-refractivity contribution in [2.45, 2.75) is 44.7 Å². The standard InChI is InChI=1S/C16H23N3O5/c1-2-12(7-8-14(20)21)18-16(24)19-13(15(22)23)9-10-3-5-11(17)6-4-10/h3-6,12-13H,2,7-9,17H2,1H3,(H,20,21)(H,22,23)(H2,18,19,24). The van der Waals surface area contributed by atoms with Crippen LogP contribution in [0.1, 0.15) is 31.7 Å². The highest BCUT2D eigenvalue weighted by Crippen LogP contribution is 2.08. The zero-order valence-electron chi connectivity index (χ0n) is 13.5. The topological polar surface area (TPSA) is 142 Å². The predicted octanol–water partition coefficient (Wildman–Crippen LogP) is 1.21. The van der Waals surface area contributed by atoms with Crippen LogP contribution >= 0.6 is 0 Å². The molecule has 132 valence electrons. The summed E-state index contributed by atoms with van der Waals surface area (Å²) >= 11 is 0. The number of hydrogen-bond acceptors (Lipinski definition) is 4. The zero-order valence-corrected chi connectivity index (χ0v) is 13.5. The van der Waals surface area contributed by atoms with Crippen molar-refractivity contribution in [3.8, 4) is 0 Å². The van der Waals surface area contributed by atoms with Crippen molar-refractivity contribution in [1.82, 2.24) is 10.6 Å². The molecular formula is C16H23N3O5. The molecule has 0 fully saturated rings. The summed E-state index contributed by atoms with van der Waals surface area (Å²) in [6.45, 7) is 1.82. The fourth-order valence-electron chi connectivity index (χ4n) is 2.15. The van der Waals surface area contributed by atoms with Gasteiger partial charge in [-0.1, -0.05) is 19.1 Å². The quantitative estimate of drug-likeness (QED) is 0.429. The highest BCUT2D eigenvalue weighted by molar-refractivity contribution is 5.83. The van der Waals surface area contributed by atoms with Gasteiger partial charge in [-0.05, 0) is 30.5 Å². The fraction of sp³-hybridized carbons (Fsp3) is 0.438. The SMILES string of the molecule is CCC(CCC(=O)O)NC(=O)NC(Cc1ccc(N)cc1)C(=O)O. The summed E-state index contributed by atoms with van der Waals surface area (Å²) in [4.78, 5) is 33.9. The molecule has 0 bridgehead atoms. The molecule has 24 heavy (non-hydrogen) atoms. The third-order valence-corrected chi connectivity index (χ3v) is 3.56. The second kappa shape index (κ2) is 9.39. The number of hydrogen-bond donors (Lipinski definition) is 5. The molecule has 2 amide bonds. The summed E-state index contributed by atoms with van der Waals surface area (Å²) in [6.07, 6.45) is 0.896. The van der Waals surface area contributed by atoms with Gasteiger partial charge in [0.25, 0.3) is 0 Å². The Kier molecular flexibility index (Phi) is 7.54. The minimum absolute atomic E-state index is 0.0629. The number of rotatable bonds is 9. The first kappa shape index (κ1) is 19.3. The third-order valence-electron chi connectivity index (χ3n) is 3.56. The molecule has 1 rings (SSSR count). The van der Waals surface area contributed by atoms with E-state index in [9.17, 15) is 19.5 Å². The maximum Gasteiger partial charge on any atom is 0.326 e. The van der Waals surface area contributed by atoms with Crippen molar-refractivity contribution in [3.05, 3.63) is 29.8 Å². The summed E-state index contributed by atoms with van der Waals surface area (Å²) in [5.74, 6) is -2.09. The highest BCUT2D eigenvalue weighted by Gasteiger charge is 2.21. The summed E-state index contributed by atoms with van der Waals surface area (Å²) in [7, 11) is 0. The molecule has 8 nitrogen and oxygen atoms in total. The average molecular weight is 337 g/mol. The van der Waals surface area contributed by atoms with Gasteiger partial charge < -0.3 is 26.6 Å².